The molecule has 1 unspecified atom stereocenters. The standard InChI is InChI=1S/C18H25NS/c1-14(2)19-12-17(10-16-8-9-20-13-16)11-18-7-5-4-6-15(18)3/h4-9,13-14,17,19H,10-12H2,1-3H3. The molecule has 0 fully saturated rings. The lowest BCUT2D eigenvalue weighted by Gasteiger charge is -2.20. The molecule has 0 radical (unpaired) electrons. The van der Waals surface area contributed by atoms with E-state index in [0.29, 0.717) is 12.0 Å². The second-order valence-electron chi connectivity index (χ2n) is 5.90. The van der Waals surface area contributed by atoms with Gasteiger partial charge >= 0.3 is 0 Å². The molecule has 20 heavy (non-hydrogen) atoms. The minimum Gasteiger partial charge on any atom is -0.314 e. The Morgan fingerprint density at radius 3 is 2.55 bits per heavy atom. The third-order valence-corrected chi connectivity index (χ3v) is 4.42. The van der Waals surface area contributed by atoms with Crippen molar-refractivity contribution in [2.24, 2.45) is 5.92 Å². The lowest BCUT2D eigenvalue weighted by Crippen LogP contribution is -2.31. The Morgan fingerprint density at radius 1 is 1.10 bits per heavy atom. The van der Waals surface area contributed by atoms with Gasteiger partial charge in [0.25, 0.3) is 0 Å². The van der Waals surface area contributed by atoms with Crippen LogP contribution in [0.15, 0.2) is 41.1 Å². The number of aryl methyl sites for hydroxylation is 1. The van der Waals surface area contributed by atoms with Crippen molar-refractivity contribution in [2.45, 2.75) is 39.7 Å². The van der Waals surface area contributed by atoms with Gasteiger partial charge in [0.2, 0.25) is 0 Å². The number of hydrogen-bond donors (Lipinski definition) is 1. The third kappa shape index (κ3) is 4.77. The molecule has 0 aliphatic heterocycles. The summed E-state index contributed by atoms with van der Waals surface area (Å²) in [7, 11) is 0. The highest BCUT2D eigenvalue weighted by molar-refractivity contribution is 7.07. The maximum Gasteiger partial charge on any atom is 0.00104 e. The van der Waals surface area contributed by atoms with E-state index in [0.717, 1.165) is 19.4 Å². The van der Waals surface area contributed by atoms with Crippen molar-refractivity contribution < 1.29 is 0 Å². The molecule has 1 atom stereocenters. The maximum atomic E-state index is 3.60. The molecule has 1 heterocycles. The SMILES string of the molecule is Cc1ccccc1CC(CNC(C)C)Cc1ccsc1. The van der Waals surface area contributed by atoms with Gasteiger partial charge in [0.15, 0.2) is 0 Å². The highest BCUT2D eigenvalue weighted by atomic mass is 32.1. The van der Waals surface area contributed by atoms with Crippen LogP contribution in [0.5, 0.6) is 0 Å². The van der Waals surface area contributed by atoms with Gasteiger partial charge in [-0.1, -0.05) is 38.1 Å². The molecule has 1 aromatic heterocycles. The molecule has 2 heteroatoms. The van der Waals surface area contributed by atoms with E-state index < -0.39 is 0 Å². The van der Waals surface area contributed by atoms with E-state index >= 15 is 0 Å². The van der Waals surface area contributed by atoms with Gasteiger partial charge in [0, 0.05) is 6.04 Å². The Bertz CT molecular complexity index is 502. The minimum absolute atomic E-state index is 0.553. The summed E-state index contributed by atoms with van der Waals surface area (Å²) in [5.41, 5.74) is 4.37. The smallest absolute Gasteiger partial charge is 0.00104 e. The van der Waals surface area contributed by atoms with Gasteiger partial charge in [0.1, 0.15) is 0 Å². The van der Waals surface area contributed by atoms with Gasteiger partial charge < -0.3 is 5.32 Å². The van der Waals surface area contributed by atoms with E-state index in [1.807, 2.05) is 0 Å². The van der Waals surface area contributed by atoms with Crippen molar-refractivity contribution in [3.63, 3.8) is 0 Å². The maximum absolute atomic E-state index is 3.60. The highest BCUT2D eigenvalue weighted by Crippen LogP contribution is 2.18. The number of hydrogen-bond acceptors (Lipinski definition) is 2. The van der Waals surface area contributed by atoms with Crippen LogP contribution < -0.4 is 5.32 Å². The second-order valence-corrected chi connectivity index (χ2v) is 6.68. The Balaban J connectivity index is 2.03. The summed E-state index contributed by atoms with van der Waals surface area (Å²) < 4.78 is 0. The Hall–Kier alpha value is -1.12. The molecular weight excluding hydrogens is 262 g/mol. The largest absolute Gasteiger partial charge is 0.314 e. The normalized spacial score (nSPS) is 12.8. The van der Waals surface area contributed by atoms with Crippen LogP contribution in [0, 0.1) is 12.8 Å². The molecule has 108 valence electrons. The fraction of sp³-hybridized carbons (Fsp3) is 0.444. The molecule has 0 aliphatic carbocycles. The number of nitrogens with one attached hydrogen (secondary N) is 1. The van der Waals surface area contributed by atoms with Crippen LogP contribution in [0.4, 0.5) is 0 Å². The molecule has 0 amide bonds. The van der Waals surface area contributed by atoms with E-state index in [-0.39, 0.29) is 0 Å². The summed E-state index contributed by atoms with van der Waals surface area (Å²) in [5.74, 6) is 0.660. The molecule has 0 aliphatic rings. The van der Waals surface area contributed by atoms with E-state index in [4.69, 9.17) is 0 Å². The lowest BCUT2D eigenvalue weighted by atomic mass is 9.91. The minimum atomic E-state index is 0.553. The lowest BCUT2D eigenvalue weighted by molar-refractivity contribution is 0.444. The zero-order valence-corrected chi connectivity index (χ0v) is 13.5. The van der Waals surface area contributed by atoms with Crippen LogP contribution in [-0.2, 0) is 12.8 Å². The van der Waals surface area contributed by atoms with Gasteiger partial charge in [0.05, 0.1) is 0 Å². The van der Waals surface area contributed by atoms with E-state index in [1.54, 1.807) is 11.3 Å². The first kappa shape index (κ1) is 15.3. The predicted molar refractivity (Wildman–Crippen MR) is 89.5 cm³/mol. The van der Waals surface area contributed by atoms with Gasteiger partial charge in [-0.3, -0.25) is 0 Å². The zero-order valence-electron chi connectivity index (χ0n) is 12.7. The summed E-state index contributed by atoms with van der Waals surface area (Å²) >= 11 is 1.80. The quantitative estimate of drug-likeness (QED) is 0.793. The van der Waals surface area contributed by atoms with Gasteiger partial charge in [-0.25, -0.2) is 0 Å². The number of benzene rings is 1. The molecule has 1 nitrogen and oxygen atoms in total. The first-order chi connectivity index (χ1) is 9.65. The van der Waals surface area contributed by atoms with E-state index in [1.165, 1.54) is 16.7 Å². The van der Waals surface area contributed by atoms with Crippen LogP contribution >= 0.6 is 11.3 Å². The summed E-state index contributed by atoms with van der Waals surface area (Å²) in [6.07, 6.45) is 2.32. The Labute approximate surface area is 127 Å². The predicted octanol–water partition coefficient (Wildman–Crippen LogP) is 4.46. The van der Waals surface area contributed by atoms with Gasteiger partial charge in [-0.15, -0.1) is 0 Å². The average molecular weight is 287 g/mol. The number of thiophene rings is 1. The van der Waals surface area contributed by atoms with E-state index in [2.05, 4.69) is 67.2 Å². The van der Waals surface area contributed by atoms with Crippen LogP contribution in [-0.4, -0.2) is 12.6 Å². The molecule has 0 spiro atoms. The number of rotatable bonds is 7. The van der Waals surface area contributed by atoms with Crippen LogP contribution in [0.25, 0.3) is 0 Å². The fourth-order valence-corrected chi connectivity index (χ4v) is 3.19. The van der Waals surface area contributed by atoms with Crippen molar-refractivity contribution in [1.82, 2.24) is 5.32 Å². The Morgan fingerprint density at radius 2 is 1.90 bits per heavy atom. The highest BCUT2D eigenvalue weighted by Gasteiger charge is 2.13. The van der Waals surface area contributed by atoms with Gasteiger partial charge in [-0.05, 0) is 65.7 Å². The molecular formula is C18H25NS. The summed E-state index contributed by atoms with van der Waals surface area (Å²) in [4.78, 5) is 0. The first-order valence-corrected chi connectivity index (χ1v) is 8.38. The summed E-state index contributed by atoms with van der Waals surface area (Å²) in [6, 6.07) is 11.6. The monoisotopic (exact) mass is 287 g/mol. The molecule has 2 aromatic rings. The summed E-state index contributed by atoms with van der Waals surface area (Å²) in [6.45, 7) is 7.74. The van der Waals surface area contributed by atoms with Crippen molar-refractivity contribution in [3.8, 4) is 0 Å². The van der Waals surface area contributed by atoms with E-state index in [9.17, 15) is 0 Å². The molecule has 0 bridgehead atoms. The van der Waals surface area contributed by atoms with Crippen molar-refractivity contribution in [1.29, 1.82) is 0 Å². The molecule has 2 rings (SSSR count). The van der Waals surface area contributed by atoms with Crippen molar-refractivity contribution in [3.05, 3.63) is 57.8 Å². The van der Waals surface area contributed by atoms with Crippen LogP contribution in [0.3, 0.4) is 0 Å². The average Bonchev–Trinajstić information content (AvgIpc) is 2.91. The zero-order chi connectivity index (χ0) is 14.4. The molecule has 0 saturated heterocycles. The summed E-state index contributed by atoms with van der Waals surface area (Å²) in [5, 5.41) is 8.06. The molecule has 0 saturated carbocycles. The topological polar surface area (TPSA) is 12.0 Å². The van der Waals surface area contributed by atoms with Crippen LogP contribution in [0.2, 0.25) is 0 Å². The molecule has 1 N–H and O–H groups in total. The van der Waals surface area contributed by atoms with Crippen LogP contribution in [0.1, 0.15) is 30.5 Å². The fourth-order valence-electron chi connectivity index (χ4n) is 2.51. The van der Waals surface area contributed by atoms with Gasteiger partial charge in [-0.2, -0.15) is 11.3 Å². The van der Waals surface area contributed by atoms with Crippen molar-refractivity contribution in [2.75, 3.05) is 6.54 Å². The third-order valence-electron chi connectivity index (χ3n) is 3.69. The van der Waals surface area contributed by atoms with Crippen molar-refractivity contribution >= 4 is 11.3 Å². The second kappa shape index (κ2) is 7.61. The first-order valence-electron chi connectivity index (χ1n) is 7.44. The Kier molecular flexibility index (Phi) is 5.81. The molecule has 1 aromatic carbocycles.